The van der Waals surface area contributed by atoms with Crippen molar-refractivity contribution in [2.75, 3.05) is 20.2 Å². The monoisotopic (exact) mass is 185 g/mol. The van der Waals surface area contributed by atoms with Crippen molar-refractivity contribution >= 4 is 0 Å². The molecule has 2 atom stereocenters. The number of nitrogens with one attached hydrogen (secondary N) is 1. The van der Waals surface area contributed by atoms with Crippen molar-refractivity contribution < 1.29 is 4.74 Å². The first-order valence-corrected chi connectivity index (χ1v) is 5.62. The minimum atomic E-state index is 0.535. The van der Waals surface area contributed by atoms with Gasteiger partial charge in [-0.25, -0.2) is 0 Å². The van der Waals surface area contributed by atoms with E-state index in [1.807, 2.05) is 7.11 Å². The molecule has 1 rings (SSSR count). The Balaban J connectivity index is 2.19. The molecule has 0 spiro atoms. The molecule has 0 aromatic heterocycles. The van der Waals surface area contributed by atoms with Crippen LogP contribution in [-0.2, 0) is 4.74 Å². The van der Waals surface area contributed by atoms with Crippen molar-refractivity contribution in [2.24, 2.45) is 5.92 Å². The normalized spacial score (nSPS) is 29.1. The third kappa shape index (κ3) is 3.65. The van der Waals surface area contributed by atoms with Crippen LogP contribution >= 0.6 is 0 Å². The number of hydrogen-bond donors (Lipinski definition) is 1. The van der Waals surface area contributed by atoms with E-state index in [-0.39, 0.29) is 0 Å². The Morgan fingerprint density at radius 1 is 1.31 bits per heavy atom. The molecule has 1 N–H and O–H groups in total. The highest BCUT2D eigenvalue weighted by atomic mass is 16.5. The van der Waals surface area contributed by atoms with Crippen LogP contribution in [0, 0.1) is 5.92 Å². The third-order valence-corrected chi connectivity index (χ3v) is 3.08. The quantitative estimate of drug-likeness (QED) is 0.663. The molecule has 0 aromatic carbocycles. The lowest BCUT2D eigenvalue weighted by atomic mass is 9.84. The van der Waals surface area contributed by atoms with Crippen molar-refractivity contribution in [1.82, 2.24) is 5.32 Å². The molecule has 0 aliphatic heterocycles. The Morgan fingerprint density at radius 2 is 2.08 bits per heavy atom. The molecule has 0 amide bonds. The summed E-state index contributed by atoms with van der Waals surface area (Å²) in [6.07, 6.45) is 7.21. The van der Waals surface area contributed by atoms with Crippen LogP contribution in [0.3, 0.4) is 0 Å². The Labute approximate surface area is 82.0 Å². The molecule has 1 saturated carbocycles. The minimum Gasteiger partial charge on any atom is -0.381 e. The summed E-state index contributed by atoms with van der Waals surface area (Å²) in [6.45, 7) is 4.40. The molecular weight excluding hydrogens is 162 g/mol. The summed E-state index contributed by atoms with van der Waals surface area (Å²) < 4.78 is 5.51. The van der Waals surface area contributed by atoms with E-state index >= 15 is 0 Å². The molecule has 78 valence electrons. The van der Waals surface area contributed by atoms with E-state index in [1.54, 1.807) is 0 Å². The maximum absolute atomic E-state index is 5.51. The van der Waals surface area contributed by atoms with Gasteiger partial charge in [0, 0.05) is 7.11 Å². The molecule has 0 bridgehead atoms. The number of hydrogen-bond acceptors (Lipinski definition) is 2. The third-order valence-electron chi connectivity index (χ3n) is 3.08. The fourth-order valence-electron chi connectivity index (χ4n) is 2.28. The maximum Gasteiger partial charge on any atom is 0.0600 e. The van der Waals surface area contributed by atoms with Gasteiger partial charge in [0.15, 0.2) is 0 Å². The summed E-state index contributed by atoms with van der Waals surface area (Å²) in [5.74, 6) is 0.804. The Kier molecular flexibility index (Phi) is 5.40. The zero-order valence-corrected chi connectivity index (χ0v) is 9.01. The molecule has 0 aromatic rings. The lowest BCUT2D eigenvalue weighted by Gasteiger charge is -2.30. The summed E-state index contributed by atoms with van der Waals surface area (Å²) in [5, 5.41) is 3.38. The van der Waals surface area contributed by atoms with Crippen molar-refractivity contribution in [3.8, 4) is 0 Å². The van der Waals surface area contributed by atoms with Gasteiger partial charge in [0.05, 0.1) is 6.10 Å². The topological polar surface area (TPSA) is 21.3 Å². The van der Waals surface area contributed by atoms with Gasteiger partial charge in [0.1, 0.15) is 0 Å². The van der Waals surface area contributed by atoms with Crippen LogP contribution in [0.5, 0.6) is 0 Å². The second kappa shape index (κ2) is 6.39. The zero-order valence-electron chi connectivity index (χ0n) is 9.01. The molecular formula is C11H23NO. The number of methoxy groups -OCH3 is 1. The highest BCUT2D eigenvalue weighted by molar-refractivity contribution is 4.76. The Morgan fingerprint density at radius 3 is 2.77 bits per heavy atom. The minimum absolute atomic E-state index is 0.535. The molecule has 2 nitrogen and oxygen atoms in total. The van der Waals surface area contributed by atoms with E-state index in [2.05, 4.69) is 12.2 Å². The predicted molar refractivity (Wildman–Crippen MR) is 55.9 cm³/mol. The molecule has 1 fully saturated rings. The van der Waals surface area contributed by atoms with Gasteiger partial charge in [0.25, 0.3) is 0 Å². The van der Waals surface area contributed by atoms with Crippen molar-refractivity contribution in [3.05, 3.63) is 0 Å². The van der Waals surface area contributed by atoms with Gasteiger partial charge in [-0.2, -0.15) is 0 Å². The van der Waals surface area contributed by atoms with Crippen LogP contribution < -0.4 is 5.32 Å². The smallest absolute Gasteiger partial charge is 0.0600 e. The number of ether oxygens (including phenoxy) is 1. The van der Waals surface area contributed by atoms with E-state index in [9.17, 15) is 0 Å². The van der Waals surface area contributed by atoms with Crippen LogP contribution in [0.15, 0.2) is 0 Å². The van der Waals surface area contributed by atoms with E-state index in [1.165, 1.54) is 32.1 Å². The van der Waals surface area contributed by atoms with Gasteiger partial charge in [0.2, 0.25) is 0 Å². The average Bonchev–Trinajstić information content (AvgIpc) is 2.19. The first-order valence-electron chi connectivity index (χ1n) is 5.62. The predicted octanol–water partition coefficient (Wildman–Crippen LogP) is 2.19. The van der Waals surface area contributed by atoms with E-state index in [0.29, 0.717) is 6.10 Å². The average molecular weight is 185 g/mol. The fraction of sp³-hybridized carbons (Fsp3) is 1.00. The second-order valence-electron chi connectivity index (χ2n) is 3.96. The molecule has 0 saturated heterocycles. The molecule has 1 aliphatic rings. The Hall–Kier alpha value is -0.0800. The fourth-order valence-corrected chi connectivity index (χ4v) is 2.28. The zero-order chi connectivity index (χ0) is 9.52. The highest BCUT2D eigenvalue weighted by Gasteiger charge is 2.23. The van der Waals surface area contributed by atoms with Crippen LogP contribution in [0.25, 0.3) is 0 Å². The van der Waals surface area contributed by atoms with Gasteiger partial charge < -0.3 is 10.1 Å². The summed E-state index contributed by atoms with van der Waals surface area (Å²) in [4.78, 5) is 0. The SMILES string of the molecule is CCNCC[C@@H]1CCCC[C@@H]1OC. The summed E-state index contributed by atoms with van der Waals surface area (Å²) in [5.41, 5.74) is 0. The van der Waals surface area contributed by atoms with Gasteiger partial charge in [-0.3, -0.25) is 0 Å². The first-order chi connectivity index (χ1) is 6.38. The molecule has 2 heteroatoms. The molecule has 0 radical (unpaired) electrons. The lowest BCUT2D eigenvalue weighted by Crippen LogP contribution is -2.29. The van der Waals surface area contributed by atoms with Crippen LogP contribution in [0.2, 0.25) is 0 Å². The van der Waals surface area contributed by atoms with Gasteiger partial charge in [-0.1, -0.05) is 19.8 Å². The largest absolute Gasteiger partial charge is 0.381 e. The number of rotatable bonds is 5. The van der Waals surface area contributed by atoms with Crippen molar-refractivity contribution in [3.63, 3.8) is 0 Å². The maximum atomic E-state index is 5.51. The second-order valence-corrected chi connectivity index (χ2v) is 3.96. The molecule has 0 heterocycles. The van der Waals surface area contributed by atoms with Crippen LogP contribution in [0.1, 0.15) is 39.0 Å². The van der Waals surface area contributed by atoms with E-state index in [0.717, 1.165) is 19.0 Å². The molecule has 1 aliphatic carbocycles. The van der Waals surface area contributed by atoms with Crippen LogP contribution in [-0.4, -0.2) is 26.3 Å². The van der Waals surface area contributed by atoms with Crippen molar-refractivity contribution in [2.45, 2.75) is 45.1 Å². The summed E-state index contributed by atoms with van der Waals surface area (Å²) in [6, 6.07) is 0. The molecule has 13 heavy (non-hydrogen) atoms. The first kappa shape index (κ1) is 11.0. The van der Waals surface area contributed by atoms with E-state index < -0.39 is 0 Å². The summed E-state index contributed by atoms with van der Waals surface area (Å²) in [7, 11) is 1.86. The lowest BCUT2D eigenvalue weighted by molar-refractivity contribution is 0.0206. The van der Waals surface area contributed by atoms with Gasteiger partial charge in [-0.15, -0.1) is 0 Å². The van der Waals surface area contributed by atoms with Crippen LogP contribution in [0.4, 0.5) is 0 Å². The Bertz CT molecular complexity index is 127. The van der Waals surface area contributed by atoms with Crippen molar-refractivity contribution in [1.29, 1.82) is 0 Å². The highest BCUT2D eigenvalue weighted by Crippen LogP contribution is 2.28. The summed E-state index contributed by atoms with van der Waals surface area (Å²) >= 11 is 0. The van der Waals surface area contributed by atoms with Gasteiger partial charge >= 0.3 is 0 Å². The molecule has 0 unspecified atom stereocenters. The van der Waals surface area contributed by atoms with Gasteiger partial charge in [-0.05, 0) is 38.3 Å². The standard InChI is InChI=1S/C11H23NO/c1-3-12-9-8-10-6-4-5-7-11(10)13-2/h10-12H,3-9H2,1-2H3/t10-,11-/m0/s1. The van der Waals surface area contributed by atoms with E-state index in [4.69, 9.17) is 4.74 Å².